The van der Waals surface area contributed by atoms with E-state index in [-0.39, 0.29) is 11.1 Å². The number of aromatic nitrogens is 1. The lowest BCUT2D eigenvalue weighted by atomic mass is 10.1. The average Bonchev–Trinajstić information content (AvgIpc) is 2.28. The van der Waals surface area contributed by atoms with Gasteiger partial charge >= 0.3 is 0 Å². The number of nitrogens with zero attached hydrogens (tertiary/aromatic N) is 1. The summed E-state index contributed by atoms with van der Waals surface area (Å²) in [5.41, 5.74) is 8.64. The van der Waals surface area contributed by atoms with Gasteiger partial charge in [-0.05, 0) is 43.1 Å². The monoisotopic (exact) mass is 280 g/mol. The van der Waals surface area contributed by atoms with Crippen molar-refractivity contribution in [1.29, 1.82) is 0 Å². The molecule has 0 fully saturated rings. The number of hydrogen-bond donors (Lipinski definition) is 1. The van der Waals surface area contributed by atoms with Crippen molar-refractivity contribution in [3.05, 3.63) is 23.5 Å². The maximum Gasteiger partial charge on any atom is 0.192 e. The maximum absolute atomic E-state index is 6.47. The first-order valence-corrected chi connectivity index (χ1v) is 9.89. The van der Waals surface area contributed by atoms with Crippen LogP contribution in [0.3, 0.4) is 0 Å². The van der Waals surface area contributed by atoms with E-state index < -0.39 is 8.32 Å². The Morgan fingerprint density at radius 2 is 1.95 bits per heavy atom. The van der Waals surface area contributed by atoms with Crippen LogP contribution in [0.1, 0.15) is 51.5 Å². The lowest BCUT2D eigenvalue weighted by molar-refractivity contribution is 0.175. The van der Waals surface area contributed by atoms with Gasteiger partial charge in [-0.25, -0.2) is 0 Å². The molecule has 0 saturated heterocycles. The number of rotatable bonds is 4. The Morgan fingerprint density at radius 3 is 2.37 bits per heavy atom. The van der Waals surface area contributed by atoms with Crippen molar-refractivity contribution in [3.8, 4) is 0 Å². The van der Waals surface area contributed by atoms with E-state index in [4.69, 9.17) is 10.2 Å². The van der Waals surface area contributed by atoms with E-state index in [1.165, 1.54) is 0 Å². The summed E-state index contributed by atoms with van der Waals surface area (Å²) in [5.74, 6) is 0. The largest absolute Gasteiger partial charge is 0.408 e. The zero-order valence-electron chi connectivity index (χ0n) is 13.4. The molecule has 0 aliphatic heterocycles. The van der Waals surface area contributed by atoms with Gasteiger partial charge in [0, 0.05) is 0 Å². The van der Waals surface area contributed by atoms with Gasteiger partial charge in [0.2, 0.25) is 0 Å². The molecule has 0 aliphatic rings. The number of nitrogen functional groups attached to an aromatic ring is 1. The zero-order valence-corrected chi connectivity index (χ0v) is 14.4. The third-order valence-electron chi connectivity index (χ3n) is 4.12. The minimum Gasteiger partial charge on any atom is -0.408 e. The molecule has 1 rings (SSSR count). The second kappa shape index (κ2) is 5.63. The molecule has 0 aromatic carbocycles. The van der Waals surface area contributed by atoms with E-state index >= 15 is 0 Å². The molecular weight excluding hydrogens is 252 g/mol. The second-order valence-corrected chi connectivity index (χ2v) is 11.5. The highest BCUT2D eigenvalue weighted by molar-refractivity contribution is 6.74. The van der Waals surface area contributed by atoms with Crippen LogP contribution in [0.4, 0.5) is 5.69 Å². The molecule has 1 aromatic heterocycles. The Bertz CT molecular complexity index is 438. The van der Waals surface area contributed by atoms with Crippen LogP contribution >= 0.6 is 0 Å². The van der Waals surface area contributed by atoms with Crippen molar-refractivity contribution in [2.75, 3.05) is 5.73 Å². The highest BCUT2D eigenvalue weighted by atomic mass is 28.4. The van der Waals surface area contributed by atoms with Gasteiger partial charge in [0.05, 0.1) is 23.7 Å². The topological polar surface area (TPSA) is 48.1 Å². The van der Waals surface area contributed by atoms with Gasteiger partial charge in [-0.2, -0.15) is 0 Å². The summed E-state index contributed by atoms with van der Waals surface area (Å²) in [4.78, 5) is 4.45. The number of nitrogens with two attached hydrogens (primary N) is 1. The van der Waals surface area contributed by atoms with Crippen LogP contribution in [0.2, 0.25) is 18.1 Å². The maximum atomic E-state index is 6.47. The smallest absolute Gasteiger partial charge is 0.192 e. The van der Waals surface area contributed by atoms with Gasteiger partial charge in [-0.3, -0.25) is 4.98 Å². The van der Waals surface area contributed by atoms with Crippen molar-refractivity contribution < 1.29 is 4.43 Å². The Morgan fingerprint density at radius 1 is 1.37 bits per heavy atom. The number of aryl methyl sites for hydroxylation is 1. The van der Waals surface area contributed by atoms with Gasteiger partial charge in [0.25, 0.3) is 0 Å². The SMILES string of the molecule is CCC(O[Si](C)(C)C(C)(C)C)c1cc(C)c(N)cn1. The molecule has 2 N–H and O–H groups in total. The predicted molar refractivity (Wildman–Crippen MR) is 84.7 cm³/mol. The first kappa shape index (κ1) is 16.2. The molecule has 1 aromatic rings. The van der Waals surface area contributed by atoms with E-state index in [1.807, 2.05) is 6.92 Å². The van der Waals surface area contributed by atoms with Crippen molar-refractivity contribution in [1.82, 2.24) is 4.98 Å². The van der Waals surface area contributed by atoms with Crippen LogP contribution in [0.25, 0.3) is 0 Å². The first-order valence-electron chi connectivity index (χ1n) is 6.98. The normalized spacial score (nSPS) is 14.5. The molecule has 1 unspecified atom stereocenters. The van der Waals surface area contributed by atoms with Crippen LogP contribution in [0.5, 0.6) is 0 Å². The summed E-state index contributed by atoms with van der Waals surface area (Å²) in [6.45, 7) is 15.5. The van der Waals surface area contributed by atoms with Crippen molar-refractivity contribution in [2.45, 2.75) is 65.3 Å². The average molecular weight is 280 g/mol. The van der Waals surface area contributed by atoms with Crippen LogP contribution in [-0.4, -0.2) is 13.3 Å². The fourth-order valence-corrected chi connectivity index (χ4v) is 3.00. The Hall–Kier alpha value is -0.873. The highest BCUT2D eigenvalue weighted by Crippen LogP contribution is 2.40. The molecule has 19 heavy (non-hydrogen) atoms. The number of pyridine rings is 1. The third-order valence-corrected chi connectivity index (χ3v) is 8.60. The van der Waals surface area contributed by atoms with Crippen molar-refractivity contribution in [3.63, 3.8) is 0 Å². The molecule has 0 radical (unpaired) electrons. The van der Waals surface area contributed by atoms with Gasteiger partial charge in [-0.15, -0.1) is 0 Å². The molecule has 1 heterocycles. The molecule has 0 amide bonds. The minimum atomic E-state index is -1.77. The summed E-state index contributed by atoms with van der Waals surface area (Å²) in [6, 6.07) is 2.05. The number of hydrogen-bond acceptors (Lipinski definition) is 3. The zero-order chi connectivity index (χ0) is 14.8. The van der Waals surface area contributed by atoms with Gasteiger partial charge < -0.3 is 10.2 Å². The van der Waals surface area contributed by atoms with Crippen LogP contribution in [-0.2, 0) is 4.43 Å². The van der Waals surface area contributed by atoms with E-state index in [2.05, 4.69) is 51.8 Å². The fraction of sp³-hybridized carbons (Fsp3) is 0.667. The predicted octanol–water partition coefficient (Wildman–Crippen LogP) is 4.45. The lowest BCUT2D eigenvalue weighted by Gasteiger charge is -2.39. The number of anilines is 1. The summed E-state index contributed by atoms with van der Waals surface area (Å²) in [5, 5.41) is 0.212. The van der Waals surface area contributed by atoms with Gasteiger partial charge in [-0.1, -0.05) is 27.7 Å². The van der Waals surface area contributed by atoms with Crippen molar-refractivity contribution in [2.24, 2.45) is 0 Å². The molecule has 3 nitrogen and oxygen atoms in total. The second-order valence-electron chi connectivity index (χ2n) is 6.74. The standard InChI is InChI=1S/C15H28N2OSi/c1-8-14(18-19(6,7)15(3,4)5)13-9-11(2)12(16)10-17-13/h9-10,14H,8,16H2,1-7H3. The fourth-order valence-electron chi connectivity index (χ4n) is 1.65. The molecule has 0 saturated carbocycles. The molecule has 4 heteroatoms. The Labute approximate surface area is 118 Å². The van der Waals surface area contributed by atoms with E-state index in [9.17, 15) is 0 Å². The Kier molecular flexibility index (Phi) is 4.80. The van der Waals surface area contributed by atoms with Crippen LogP contribution in [0.15, 0.2) is 12.3 Å². The summed E-state index contributed by atoms with van der Waals surface area (Å²) in [7, 11) is -1.77. The van der Waals surface area contributed by atoms with Gasteiger partial charge in [0.15, 0.2) is 8.32 Å². The van der Waals surface area contributed by atoms with Crippen LogP contribution < -0.4 is 5.73 Å². The van der Waals surface area contributed by atoms with Gasteiger partial charge in [0.1, 0.15) is 0 Å². The summed E-state index contributed by atoms with van der Waals surface area (Å²) in [6.07, 6.45) is 2.74. The molecule has 108 valence electrons. The lowest BCUT2D eigenvalue weighted by Crippen LogP contribution is -2.41. The van der Waals surface area contributed by atoms with E-state index in [0.29, 0.717) is 0 Å². The van der Waals surface area contributed by atoms with E-state index in [0.717, 1.165) is 23.4 Å². The summed E-state index contributed by atoms with van der Waals surface area (Å²) < 4.78 is 6.47. The molecule has 0 aliphatic carbocycles. The highest BCUT2D eigenvalue weighted by Gasteiger charge is 2.39. The quantitative estimate of drug-likeness (QED) is 0.829. The molecule has 0 bridgehead atoms. The third kappa shape index (κ3) is 3.80. The minimum absolute atomic E-state index is 0.0696. The first-order chi connectivity index (χ1) is 8.58. The Balaban J connectivity index is 2.99. The molecule has 1 atom stereocenters. The summed E-state index contributed by atoms with van der Waals surface area (Å²) >= 11 is 0. The molecular formula is C15H28N2OSi. The van der Waals surface area contributed by atoms with E-state index in [1.54, 1.807) is 6.20 Å². The van der Waals surface area contributed by atoms with Crippen molar-refractivity contribution >= 4 is 14.0 Å². The molecule has 0 spiro atoms. The van der Waals surface area contributed by atoms with Crippen LogP contribution in [0, 0.1) is 6.92 Å².